The quantitative estimate of drug-likeness (QED) is 0.432. The predicted molar refractivity (Wildman–Crippen MR) is 90.1 cm³/mol. The van der Waals surface area contributed by atoms with Crippen molar-refractivity contribution in [1.82, 2.24) is 10.3 Å². The number of anilines is 1. The van der Waals surface area contributed by atoms with Gasteiger partial charge in [0.1, 0.15) is 5.82 Å². The van der Waals surface area contributed by atoms with Crippen molar-refractivity contribution >= 4 is 11.8 Å². The molecule has 0 amide bonds. The number of nitrogens with zero attached hydrogens (tertiary/aromatic N) is 3. The lowest BCUT2D eigenvalue weighted by Crippen LogP contribution is -2.32. The number of rotatable bonds is 8. The zero-order chi connectivity index (χ0) is 15.6. The Morgan fingerprint density at radius 1 is 1.45 bits per heavy atom. The molecule has 0 bridgehead atoms. The highest BCUT2D eigenvalue weighted by Gasteiger charge is 2.13. The van der Waals surface area contributed by atoms with Crippen LogP contribution in [-0.2, 0) is 11.3 Å². The fourth-order valence-electron chi connectivity index (χ4n) is 2.45. The highest BCUT2D eigenvalue weighted by atomic mass is 16.5. The first-order valence-electron chi connectivity index (χ1n) is 8.11. The molecule has 0 aliphatic carbocycles. The van der Waals surface area contributed by atoms with E-state index >= 15 is 0 Å². The van der Waals surface area contributed by atoms with E-state index in [1.54, 1.807) is 0 Å². The summed E-state index contributed by atoms with van der Waals surface area (Å²) in [5.74, 6) is 1.53. The predicted octanol–water partition coefficient (Wildman–Crippen LogP) is 1.51. The molecule has 2 rings (SSSR count). The number of aromatic nitrogens is 1. The van der Waals surface area contributed by atoms with Gasteiger partial charge in [-0.05, 0) is 43.9 Å². The minimum absolute atomic E-state index is 0.482. The Morgan fingerprint density at radius 2 is 2.27 bits per heavy atom. The summed E-state index contributed by atoms with van der Waals surface area (Å²) < 4.78 is 5.27. The first kappa shape index (κ1) is 16.5. The Labute approximate surface area is 132 Å². The van der Waals surface area contributed by atoms with Crippen LogP contribution in [0.2, 0.25) is 0 Å². The average Bonchev–Trinajstić information content (AvgIpc) is 3.07. The van der Waals surface area contributed by atoms with Crippen LogP contribution in [0.15, 0.2) is 23.3 Å². The Bertz CT molecular complexity index is 471. The van der Waals surface area contributed by atoms with Gasteiger partial charge in [0.15, 0.2) is 5.96 Å². The van der Waals surface area contributed by atoms with Crippen molar-refractivity contribution < 1.29 is 4.74 Å². The monoisotopic (exact) mass is 305 g/mol. The van der Waals surface area contributed by atoms with E-state index in [1.165, 1.54) is 12.8 Å². The molecule has 22 heavy (non-hydrogen) atoms. The molecular weight excluding hydrogens is 278 g/mol. The Kier molecular flexibility index (Phi) is 6.96. The minimum atomic E-state index is 0.482. The smallest absolute Gasteiger partial charge is 0.188 e. The Morgan fingerprint density at radius 3 is 3.05 bits per heavy atom. The molecule has 0 radical (unpaired) electrons. The first-order chi connectivity index (χ1) is 10.8. The number of hydrogen-bond donors (Lipinski definition) is 2. The lowest BCUT2D eigenvalue weighted by atomic mass is 10.2. The number of nitrogens with one attached hydrogen (secondary N) is 1. The van der Waals surface area contributed by atoms with E-state index in [4.69, 9.17) is 10.5 Å². The maximum atomic E-state index is 5.87. The molecule has 3 N–H and O–H groups in total. The third-order valence-corrected chi connectivity index (χ3v) is 3.65. The molecule has 0 atom stereocenters. The lowest BCUT2D eigenvalue weighted by Gasteiger charge is -2.16. The van der Waals surface area contributed by atoms with Crippen molar-refractivity contribution in [2.45, 2.75) is 32.7 Å². The molecule has 1 aromatic heterocycles. The third kappa shape index (κ3) is 5.52. The van der Waals surface area contributed by atoms with Crippen LogP contribution in [0.25, 0.3) is 0 Å². The highest BCUT2D eigenvalue weighted by Crippen LogP contribution is 2.18. The second kappa shape index (κ2) is 9.25. The number of ether oxygens (including phenoxy) is 1. The van der Waals surface area contributed by atoms with Gasteiger partial charge in [0.2, 0.25) is 0 Å². The van der Waals surface area contributed by atoms with Crippen molar-refractivity contribution in [1.29, 1.82) is 0 Å². The second-order valence-corrected chi connectivity index (χ2v) is 5.40. The molecule has 0 aromatic carbocycles. The van der Waals surface area contributed by atoms with Crippen molar-refractivity contribution in [3.8, 4) is 0 Å². The summed E-state index contributed by atoms with van der Waals surface area (Å²) in [6.07, 6.45) is 5.29. The molecular formula is C16H27N5O. The van der Waals surface area contributed by atoms with Gasteiger partial charge in [-0.25, -0.2) is 9.98 Å². The highest BCUT2D eigenvalue weighted by molar-refractivity contribution is 5.77. The van der Waals surface area contributed by atoms with Crippen LogP contribution < -0.4 is 16.0 Å². The van der Waals surface area contributed by atoms with Crippen LogP contribution in [0.5, 0.6) is 0 Å². The molecule has 0 saturated carbocycles. The number of pyridine rings is 1. The zero-order valence-corrected chi connectivity index (χ0v) is 13.4. The van der Waals surface area contributed by atoms with Crippen molar-refractivity contribution in [3.05, 3.63) is 23.9 Å². The minimum Gasteiger partial charge on any atom is -0.382 e. The lowest BCUT2D eigenvalue weighted by molar-refractivity contribution is 0.145. The summed E-state index contributed by atoms with van der Waals surface area (Å²) in [6, 6.07) is 4.10. The molecule has 1 saturated heterocycles. The average molecular weight is 305 g/mol. The maximum absolute atomic E-state index is 5.87. The first-order valence-corrected chi connectivity index (χ1v) is 8.11. The van der Waals surface area contributed by atoms with E-state index in [0.29, 0.717) is 12.5 Å². The van der Waals surface area contributed by atoms with Crippen LogP contribution in [0.3, 0.4) is 0 Å². The van der Waals surface area contributed by atoms with Gasteiger partial charge < -0.3 is 20.7 Å². The maximum Gasteiger partial charge on any atom is 0.188 e. The van der Waals surface area contributed by atoms with E-state index in [1.807, 2.05) is 19.2 Å². The second-order valence-electron chi connectivity index (χ2n) is 5.40. The van der Waals surface area contributed by atoms with Gasteiger partial charge in [-0.1, -0.05) is 0 Å². The van der Waals surface area contributed by atoms with Gasteiger partial charge in [-0.2, -0.15) is 0 Å². The molecule has 122 valence electrons. The molecule has 0 unspecified atom stereocenters. The molecule has 1 fully saturated rings. The number of aliphatic imine (C=N–C) groups is 1. The van der Waals surface area contributed by atoms with E-state index in [2.05, 4.69) is 26.3 Å². The van der Waals surface area contributed by atoms with E-state index in [0.717, 1.165) is 50.7 Å². The Balaban J connectivity index is 1.77. The largest absolute Gasteiger partial charge is 0.382 e. The number of hydrogen-bond acceptors (Lipinski definition) is 4. The van der Waals surface area contributed by atoms with Crippen LogP contribution in [0.4, 0.5) is 5.82 Å². The summed E-state index contributed by atoms with van der Waals surface area (Å²) >= 11 is 0. The standard InChI is InChI=1S/C16H27N5O/c1-2-22-11-5-7-19-16(17)20-13-14-6-8-18-15(12-14)21-9-3-4-10-21/h6,8,12H,2-5,7,9-11,13H2,1H3,(H3,17,19,20). The van der Waals surface area contributed by atoms with Gasteiger partial charge in [-0.3, -0.25) is 0 Å². The normalized spacial score (nSPS) is 15.3. The summed E-state index contributed by atoms with van der Waals surface area (Å²) in [5.41, 5.74) is 7.00. The summed E-state index contributed by atoms with van der Waals surface area (Å²) in [5, 5.41) is 3.10. The SMILES string of the molecule is CCOCCCNC(N)=NCc1ccnc(N2CCCC2)c1. The number of guanidine groups is 1. The Hall–Kier alpha value is -1.82. The molecule has 6 nitrogen and oxygen atoms in total. The van der Waals surface area contributed by atoms with Gasteiger partial charge >= 0.3 is 0 Å². The van der Waals surface area contributed by atoms with Gasteiger partial charge in [0.05, 0.1) is 6.54 Å². The molecule has 2 heterocycles. The van der Waals surface area contributed by atoms with Gasteiger partial charge in [0.25, 0.3) is 0 Å². The fraction of sp³-hybridized carbons (Fsp3) is 0.625. The molecule has 6 heteroatoms. The fourth-order valence-corrected chi connectivity index (χ4v) is 2.45. The third-order valence-electron chi connectivity index (χ3n) is 3.65. The zero-order valence-electron chi connectivity index (χ0n) is 13.4. The van der Waals surface area contributed by atoms with Crippen LogP contribution in [0, 0.1) is 0 Å². The summed E-state index contributed by atoms with van der Waals surface area (Å²) in [4.78, 5) is 11.1. The summed E-state index contributed by atoms with van der Waals surface area (Å²) in [6.45, 7) is 7.06. The van der Waals surface area contributed by atoms with E-state index < -0.39 is 0 Å². The van der Waals surface area contributed by atoms with Crippen molar-refractivity contribution in [3.63, 3.8) is 0 Å². The molecule has 1 aliphatic rings. The topological polar surface area (TPSA) is 75.8 Å². The molecule has 1 aliphatic heterocycles. The van der Waals surface area contributed by atoms with Gasteiger partial charge in [-0.15, -0.1) is 0 Å². The van der Waals surface area contributed by atoms with Crippen LogP contribution in [0.1, 0.15) is 31.7 Å². The molecule has 1 aromatic rings. The van der Waals surface area contributed by atoms with Crippen LogP contribution in [-0.4, -0.2) is 43.8 Å². The van der Waals surface area contributed by atoms with Crippen LogP contribution >= 0.6 is 0 Å². The van der Waals surface area contributed by atoms with Crippen molar-refractivity contribution in [2.75, 3.05) is 37.7 Å². The van der Waals surface area contributed by atoms with Crippen molar-refractivity contribution in [2.24, 2.45) is 10.7 Å². The summed E-state index contributed by atoms with van der Waals surface area (Å²) in [7, 11) is 0. The van der Waals surface area contributed by atoms with E-state index in [-0.39, 0.29) is 0 Å². The number of nitrogens with two attached hydrogens (primary N) is 1. The van der Waals surface area contributed by atoms with E-state index in [9.17, 15) is 0 Å². The molecule has 0 spiro atoms. The van der Waals surface area contributed by atoms with Gasteiger partial charge in [0, 0.05) is 39.0 Å².